The van der Waals surface area contributed by atoms with E-state index in [0.717, 1.165) is 32.1 Å². The molecule has 0 radical (unpaired) electrons. The molecule has 0 aromatic heterocycles. The molecular formula is C24H42O4. The number of hydrogen-bond donors (Lipinski definition) is 3. The summed E-state index contributed by atoms with van der Waals surface area (Å²) >= 11 is 0. The molecule has 3 N–H and O–H groups in total. The lowest BCUT2D eigenvalue weighted by molar-refractivity contribution is -0.137. The van der Waals surface area contributed by atoms with Crippen molar-refractivity contribution in [2.24, 2.45) is 11.8 Å². The van der Waals surface area contributed by atoms with E-state index in [1.54, 1.807) is 0 Å². The van der Waals surface area contributed by atoms with Crippen LogP contribution in [-0.2, 0) is 4.79 Å². The maximum absolute atomic E-state index is 10.7. The molecule has 0 aromatic rings. The van der Waals surface area contributed by atoms with Crippen LogP contribution in [0.2, 0.25) is 0 Å². The first-order valence-corrected chi connectivity index (χ1v) is 11.5. The second-order valence-corrected chi connectivity index (χ2v) is 8.36. The Hall–Kier alpha value is -1.13. The zero-order valence-electron chi connectivity index (χ0n) is 17.8. The van der Waals surface area contributed by atoms with Crippen LogP contribution in [0.1, 0.15) is 96.8 Å². The Morgan fingerprint density at radius 2 is 1.68 bits per heavy atom. The highest BCUT2D eigenvalue weighted by molar-refractivity contribution is 5.66. The molecule has 4 nitrogen and oxygen atoms in total. The second kappa shape index (κ2) is 15.8. The summed E-state index contributed by atoms with van der Waals surface area (Å²) in [6, 6.07) is 0. The minimum atomic E-state index is -0.794. The minimum Gasteiger partial charge on any atom is -0.481 e. The van der Waals surface area contributed by atoms with E-state index in [4.69, 9.17) is 5.11 Å². The van der Waals surface area contributed by atoms with Gasteiger partial charge < -0.3 is 15.3 Å². The van der Waals surface area contributed by atoms with Gasteiger partial charge in [-0.2, -0.15) is 0 Å². The van der Waals surface area contributed by atoms with Crippen molar-refractivity contribution < 1.29 is 20.1 Å². The van der Waals surface area contributed by atoms with Gasteiger partial charge in [0, 0.05) is 6.42 Å². The monoisotopic (exact) mass is 394 g/mol. The van der Waals surface area contributed by atoms with Gasteiger partial charge in [0.2, 0.25) is 0 Å². The van der Waals surface area contributed by atoms with E-state index in [9.17, 15) is 15.0 Å². The molecule has 4 heteroatoms. The van der Waals surface area contributed by atoms with Gasteiger partial charge in [0.15, 0.2) is 0 Å². The van der Waals surface area contributed by atoms with Crippen molar-refractivity contribution in [2.75, 3.05) is 0 Å². The van der Waals surface area contributed by atoms with Crippen LogP contribution >= 0.6 is 0 Å². The molecule has 0 spiro atoms. The third kappa shape index (κ3) is 11.7. The first-order chi connectivity index (χ1) is 13.5. The number of carbonyl (C=O) groups is 1. The van der Waals surface area contributed by atoms with E-state index < -0.39 is 12.1 Å². The highest BCUT2D eigenvalue weighted by atomic mass is 16.4. The first-order valence-electron chi connectivity index (χ1n) is 11.5. The number of aliphatic carboxylic acids is 1. The third-order valence-electron chi connectivity index (χ3n) is 5.92. The molecule has 1 aliphatic rings. The molecular weight excluding hydrogens is 352 g/mol. The van der Waals surface area contributed by atoms with Crippen LogP contribution in [0.4, 0.5) is 0 Å². The summed E-state index contributed by atoms with van der Waals surface area (Å²) in [6.45, 7) is 2.22. The Morgan fingerprint density at radius 1 is 0.964 bits per heavy atom. The van der Waals surface area contributed by atoms with Gasteiger partial charge in [-0.1, -0.05) is 82.6 Å². The molecule has 0 aliphatic heterocycles. The Kier molecular flexibility index (Phi) is 14.0. The van der Waals surface area contributed by atoms with E-state index in [0.29, 0.717) is 18.8 Å². The molecule has 28 heavy (non-hydrogen) atoms. The summed E-state index contributed by atoms with van der Waals surface area (Å²) < 4.78 is 0. The molecule has 1 saturated carbocycles. The summed E-state index contributed by atoms with van der Waals surface area (Å²) in [4.78, 5) is 10.7. The lowest BCUT2D eigenvalue weighted by Crippen LogP contribution is -2.30. The van der Waals surface area contributed by atoms with Crippen molar-refractivity contribution in [1.82, 2.24) is 0 Å². The quantitative estimate of drug-likeness (QED) is 0.248. The van der Waals surface area contributed by atoms with Crippen molar-refractivity contribution in [3.05, 3.63) is 24.3 Å². The number of carboxylic acid groups (broad SMARTS) is 1. The zero-order chi connectivity index (χ0) is 20.6. The first kappa shape index (κ1) is 24.9. The van der Waals surface area contributed by atoms with Crippen LogP contribution in [0.25, 0.3) is 0 Å². The number of aliphatic hydroxyl groups is 2. The van der Waals surface area contributed by atoms with E-state index in [2.05, 4.69) is 13.0 Å². The molecule has 0 bridgehead atoms. The van der Waals surface area contributed by atoms with E-state index in [1.807, 2.05) is 18.2 Å². The van der Waals surface area contributed by atoms with Gasteiger partial charge in [-0.25, -0.2) is 0 Å². The minimum absolute atomic E-state index is 0.128. The fraction of sp³-hybridized carbons (Fsp3) is 0.792. The van der Waals surface area contributed by atoms with E-state index in [-0.39, 0.29) is 18.4 Å². The number of rotatable bonds is 15. The Balaban J connectivity index is 2.32. The predicted octanol–water partition coefficient (Wildman–Crippen LogP) is 5.63. The molecule has 162 valence electrons. The fourth-order valence-corrected chi connectivity index (χ4v) is 4.21. The summed E-state index contributed by atoms with van der Waals surface area (Å²) in [5.74, 6) is -0.230. The van der Waals surface area contributed by atoms with Crippen molar-refractivity contribution in [3.8, 4) is 0 Å². The zero-order valence-corrected chi connectivity index (χ0v) is 17.8. The fourth-order valence-electron chi connectivity index (χ4n) is 4.21. The normalized spacial score (nSPS) is 22.7. The lowest BCUT2D eigenvalue weighted by atomic mass is 9.75. The second-order valence-electron chi connectivity index (χ2n) is 8.36. The predicted molar refractivity (Wildman–Crippen MR) is 115 cm³/mol. The highest BCUT2D eigenvalue weighted by Crippen LogP contribution is 2.34. The van der Waals surface area contributed by atoms with Crippen LogP contribution in [0.3, 0.4) is 0 Å². The average Bonchev–Trinajstić information content (AvgIpc) is 2.68. The number of allylic oxidation sites excluding steroid dienone is 3. The molecule has 2 unspecified atom stereocenters. The molecule has 0 heterocycles. The number of aliphatic hydroxyl groups excluding tert-OH is 2. The maximum atomic E-state index is 10.7. The Morgan fingerprint density at radius 3 is 2.43 bits per heavy atom. The van der Waals surface area contributed by atoms with Crippen LogP contribution in [-0.4, -0.2) is 33.5 Å². The topological polar surface area (TPSA) is 77.8 Å². The highest BCUT2D eigenvalue weighted by Gasteiger charge is 2.28. The maximum Gasteiger partial charge on any atom is 0.303 e. The number of hydrogen-bond acceptors (Lipinski definition) is 3. The number of carboxylic acids is 1. The lowest BCUT2D eigenvalue weighted by Gasteiger charge is -2.33. The smallest absolute Gasteiger partial charge is 0.303 e. The van der Waals surface area contributed by atoms with Crippen molar-refractivity contribution in [2.45, 2.75) is 109 Å². The van der Waals surface area contributed by atoms with Gasteiger partial charge >= 0.3 is 5.97 Å². The molecule has 0 aromatic carbocycles. The van der Waals surface area contributed by atoms with E-state index in [1.165, 1.54) is 38.5 Å². The van der Waals surface area contributed by atoms with Gasteiger partial charge in [-0.05, 0) is 43.9 Å². The van der Waals surface area contributed by atoms with Gasteiger partial charge in [0.25, 0.3) is 0 Å². The largest absolute Gasteiger partial charge is 0.481 e. The third-order valence-corrected chi connectivity index (χ3v) is 5.92. The molecule has 0 saturated heterocycles. The summed E-state index contributed by atoms with van der Waals surface area (Å²) in [7, 11) is 0. The molecule has 1 rings (SSSR count). The van der Waals surface area contributed by atoms with Crippen molar-refractivity contribution in [3.63, 3.8) is 0 Å². The molecule has 4 atom stereocenters. The molecule has 0 amide bonds. The van der Waals surface area contributed by atoms with Gasteiger partial charge in [0.1, 0.15) is 0 Å². The Labute approximate surface area is 171 Å². The van der Waals surface area contributed by atoms with Crippen LogP contribution in [0.15, 0.2) is 24.3 Å². The van der Waals surface area contributed by atoms with Crippen molar-refractivity contribution >= 4 is 5.97 Å². The average molecular weight is 395 g/mol. The summed E-state index contributed by atoms with van der Waals surface area (Å²) in [6.07, 6.45) is 21.0. The van der Waals surface area contributed by atoms with Gasteiger partial charge in [-0.3, -0.25) is 4.79 Å². The van der Waals surface area contributed by atoms with Crippen molar-refractivity contribution in [1.29, 1.82) is 0 Å². The van der Waals surface area contributed by atoms with Crippen LogP contribution in [0.5, 0.6) is 0 Å². The molecule has 1 fully saturated rings. The van der Waals surface area contributed by atoms with E-state index >= 15 is 0 Å². The van der Waals surface area contributed by atoms with Crippen LogP contribution in [0, 0.1) is 11.8 Å². The summed E-state index contributed by atoms with van der Waals surface area (Å²) in [5.41, 5.74) is 0. The Bertz CT molecular complexity index is 458. The summed E-state index contributed by atoms with van der Waals surface area (Å²) in [5, 5.41) is 29.3. The SMILES string of the molecule is CCCCCCCCC(O)C=CC=C[C@@H]1CCCC[C@H]1C(O)CCCC(=O)O. The van der Waals surface area contributed by atoms with Crippen LogP contribution < -0.4 is 0 Å². The number of unbranched alkanes of at least 4 members (excludes halogenated alkanes) is 5. The standard InChI is InChI=1S/C24H42O4/c1-2-3-4-5-6-7-15-21(25)16-10-8-13-20-14-9-11-17-22(20)23(26)18-12-19-24(27)28/h8,10,13,16,20-23,25-26H,2-7,9,11-12,14-15,17-19H2,1H3,(H,27,28)/t20-,21?,22-,23?/m1/s1. The molecule has 1 aliphatic carbocycles. The van der Waals surface area contributed by atoms with Gasteiger partial charge in [0.05, 0.1) is 12.2 Å². The van der Waals surface area contributed by atoms with Gasteiger partial charge in [-0.15, -0.1) is 0 Å².